The van der Waals surface area contributed by atoms with Gasteiger partial charge in [0.25, 0.3) is 0 Å². The van der Waals surface area contributed by atoms with E-state index < -0.39 is 0 Å². The summed E-state index contributed by atoms with van der Waals surface area (Å²) in [6.07, 6.45) is 2.81. The van der Waals surface area contributed by atoms with Gasteiger partial charge in [0, 0.05) is 16.9 Å². The summed E-state index contributed by atoms with van der Waals surface area (Å²) in [6.45, 7) is 9.14. The van der Waals surface area contributed by atoms with Crippen LogP contribution in [0.4, 0.5) is 0 Å². The third kappa shape index (κ3) is 1.31. The van der Waals surface area contributed by atoms with E-state index >= 15 is 0 Å². The molecule has 0 N–H and O–H groups in total. The second-order valence-corrected chi connectivity index (χ2v) is 4.88. The summed E-state index contributed by atoms with van der Waals surface area (Å²) in [4.78, 5) is 0. The summed E-state index contributed by atoms with van der Waals surface area (Å²) in [5.74, 6) is 0.900. The van der Waals surface area contributed by atoms with Gasteiger partial charge in [0.2, 0.25) is 0 Å². The Hall–Kier alpha value is -0.720. The minimum Gasteiger partial charge on any atom is -0.343 e. The monoisotopic (exact) mass is 177 g/mol. The Labute approximate surface area is 80.8 Å². The van der Waals surface area contributed by atoms with Crippen molar-refractivity contribution < 1.29 is 0 Å². The summed E-state index contributed by atoms with van der Waals surface area (Å²) < 4.78 is 2.49. The Morgan fingerprint density at radius 3 is 2.00 bits per heavy atom. The first kappa shape index (κ1) is 8.86. The second kappa shape index (κ2) is 2.63. The molecule has 72 valence electrons. The van der Waals surface area contributed by atoms with Crippen molar-refractivity contribution in [2.75, 3.05) is 0 Å². The highest BCUT2D eigenvalue weighted by atomic mass is 15.1. The molecule has 1 fully saturated rings. The zero-order valence-corrected chi connectivity index (χ0v) is 9.09. The average Bonchev–Trinajstić information content (AvgIpc) is 2.79. The first-order valence-electron chi connectivity index (χ1n) is 5.19. The molecule has 1 saturated carbocycles. The highest BCUT2D eigenvalue weighted by Crippen LogP contribution is 2.44. The van der Waals surface area contributed by atoms with Gasteiger partial charge in [-0.15, -0.1) is 0 Å². The molecule has 0 aromatic carbocycles. The molecule has 2 rings (SSSR count). The standard InChI is InChI=1S/C12H19N/c1-9-5-6-10(2)13(9)12(3,4)11-7-8-11/h5-6,11H,7-8H2,1-4H3. The number of hydrogen-bond donors (Lipinski definition) is 0. The summed E-state index contributed by atoms with van der Waals surface area (Å²) in [5, 5.41) is 0. The smallest absolute Gasteiger partial charge is 0.0416 e. The lowest BCUT2D eigenvalue weighted by Gasteiger charge is -2.30. The van der Waals surface area contributed by atoms with Crippen molar-refractivity contribution in [3.05, 3.63) is 23.5 Å². The first-order chi connectivity index (χ1) is 6.03. The van der Waals surface area contributed by atoms with Crippen LogP contribution in [-0.2, 0) is 5.54 Å². The van der Waals surface area contributed by atoms with Gasteiger partial charge in [-0.1, -0.05) is 0 Å². The molecule has 1 aliphatic rings. The van der Waals surface area contributed by atoms with Crippen LogP contribution in [0.3, 0.4) is 0 Å². The van der Waals surface area contributed by atoms with Crippen molar-refractivity contribution in [1.82, 2.24) is 4.57 Å². The Bertz CT molecular complexity index is 296. The van der Waals surface area contributed by atoms with E-state index in [0.717, 1.165) is 5.92 Å². The van der Waals surface area contributed by atoms with E-state index in [1.54, 1.807) is 0 Å². The fraction of sp³-hybridized carbons (Fsp3) is 0.667. The van der Waals surface area contributed by atoms with E-state index in [1.807, 2.05) is 0 Å². The van der Waals surface area contributed by atoms with Crippen molar-refractivity contribution in [1.29, 1.82) is 0 Å². The van der Waals surface area contributed by atoms with Gasteiger partial charge in [0.05, 0.1) is 0 Å². The predicted octanol–water partition coefficient (Wildman–Crippen LogP) is 3.25. The second-order valence-electron chi connectivity index (χ2n) is 4.88. The van der Waals surface area contributed by atoms with Crippen LogP contribution in [0.5, 0.6) is 0 Å². The van der Waals surface area contributed by atoms with Crippen molar-refractivity contribution >= 4 is 0 Å². The third-order valence-corrected chi connectivity index (χ3v) is 3.42. The lowest BCUT2D eigenvalue weighted by Crippen LogP contribution is -2.30. The van der Waals surface area contributed by atoms with Crippen LogP contribution in [0, 0.1) is 19.8 Å². The number of hydrogen-bond acceptors (Lipinski definition) is 0. The predicted molar refractivity (Wildman–Crippen MR) is 56.0 cm³/mol. The fourth-order valence-electron chi connectivity index (χ4n) is 2.55. The minimum absolute atomic E-state index is 0.331. The van der Waals surface area contributed by atoms with Crippen molar-refractivity contribution in [2.45, 2.75) is 46.1 Å². The Balaban J connectivity index is 2.42. The summed E-state index contributed by atoms with van der Waals surface area (Å²) in [6, 6.07) is 4.44. The quantitative estimate of drug-likeness (QED) is 0.653. The number of aromatic nitrogens is 1. The van der Waals surface area contributed by atoms with E-state index in [-0.39, 0.29) is 0 Å². The molecule has 0 amide bonds. The van der Waals surface area contributed by atoms with Gasteiger partial charge in [-0.2, -0.15) is 0 Å². The SMILES string of the molecule is Cc1ccc(C)n1C(C)(C)C1CC1. The number of rotatable bonds is 2. The molecule has 1 heteroatoms. The van der Waals surface area contributed by atoms with Gasteiger partial charge >= 0.3 is 0 Å². The van der Waals surface area contributed by atoms with E-state index in [9.17, 15) is 0 Å². The minimum atomic E-state index is 0.331. The molecule has 0 radical (unpaired) electrons. The maximum absolute atomic E-state index is 2.49. The van der Waals surface area contributed by atoms with Crippen LogP contribution in [-0.4, -0.2) is 4.57 Å². The van der Waals surface area contributed by atoms with Gasteiger partial charge < -0.3 is 4.57 Å². The molecule has 1 nitrogen and oxygen atoms in total. The highest BCUT2D eigenvalue weighted by molar-refractivity contribution is 5.18. The maximum atomic E-state index is 2.49. The average molecular weight is 177 g/mol. The van der Waals surface area contributed by atoms with Crippen LogP contribution >= 0.6 is 0 Å². The van der Waals surface area contributed by atoms with E-state index in [0.29, 0.717) is 5.54 Å². The summed E-state index contributed by atoms with van der Waals surface area (Å²) >= 11 is 0. The zero-order valence-electron chi connectivity index (χ0n) is 9.09. The topological polar surface area (TPSA) is 4.93 Å². The van der Waals surface area contributed by atoms with Crippen LogP contribution in [0.2, 0.25) is 0 Å². The molecule has 1 aliphatic carbocycles. The fourth-order valence-corrected chi connectivity index (χ4v) is 2.55. The molecule has 1 aromatic rings. The Morgan fingerprint density at radius 1 is 1.15 bits per heavy atom. The Kier molecular flexibility index (Phi) is 1.79. The molecule has 13 heavy (non-hydrogen) atoms. The van der Waals surface area contributed by atoms with Crippen molar-refractivity contribution in [2.24, 2.45) is 5.92 Å². The van der Waals surface area contributed by atoms with Gasteiger partial charge in [-0.25, -0.2) is 0 Å². The molecular formula is C12H19N. The lowest BCUT2D eigenvalue weighted by molar-refractivity contribution is 0.295. The number of aryl methyl sites for hydroxylation is 2. The molecule has 0 saturated heterocycles. The molecule has 0 bridgehead atoms. The molecule has 0 atom stereocenters. The van der Waals surface area contributed by atoms with E-state index in [1.165, 1.54) is 24.2 Å². The molecule has 0 spiro atoms. The van der Waals surface area contributed by atoms with Gasteiger partial charge in [-0.05, 0) is 58.6 Å². The molecule has 1 heterocycles. The van der Waals surface area contributed by atoms with Crippen LogP contribution in [0.1, 0.15) is 38.1 Å². The van der Waals surface area contributed by atoms with Gasteiger partial charge in [0.15, 0.2) is 0 Å². The van der Waals surface area contributed by atoms with Gasteiger partial charge in [0.1, 0.15) is 0 Å². The van der Waals surface area contributed by atoms with Crippen LogP contribution in [0.25, 0.3) is 0 Å². The molecule has 0 unspecified atom stereocenters. The van der Waals surface area contributed by atoms with Crippen molar-refractivity contribution in [3.8, 4) is 0 Å². The lowest BCUT2D eigenvalue weighted by atomic mass is 9.97. The first-order valence-corrected chi connectivity index (χ1v) is 5.19. The Morgan fingerprint density at radius 2 is 1.62 bits per heavy atom. The third-order valence-electron chi connectivity index (χ3n) is 3.42. The maximum Gasteiger partial charge on any atom is 0.0416 e. The highest BCUT2D eigenvalue weighted by Gasteiger charge is 2.39. The van der Waals surface area contributed by atoms with E-state index in [2.05, 4.69) is 44.4 Å². The van der Waals surface area contributed by atoms with Gasteiger partial charge in [-0.3, -0.25) is 0 Å². The normalized spacial score (nSPS) is 17.8. The molecule has 0 aliphatic heterocycles. The summed E-state index contributed by atoms with van der Waals surface area (Å²) in [5.41, 5.74) is 3.13. The van der Waals surface area contributed by atoms with E-state index in [4.69, 9.17) is 0 Å². The molecular weight excluding hydrogens is 158 g/mol. The summed E-state index contributed by atoms with van der Waals surface area (Å²) in [7, 11) is 0. The van der Waals surface area contributed by atoms with Crippen molar-refractivity contribution in [3.63, 3.8) is 0 Å². The zero-order chi connectivity index (χ0) is 9.64. The van der Waals surface area contributed by atoms with Crippen LogP contribution in [0.15, 0.2) is 12.1 Å². The largest absolute Gasteiger partial charge is 0.343 e. The number of nitrogens with zero attached hydrogens (tertiary/aromatic N) is 1. The van der Waals surface area contributed by atoms with Crippen LogP contribution < -0.4 is 0 Å². The molecule has 1 aromatic heterocycles.